The number of aryl methyl sites for hydroxylation is 1. The standard InChI is InChI=1S/C29H26FN7OS/c1-15-5-8-21(39-15)19-9-10-32-27-25(19)34-28(35-27)26-23-20(36-37-26)7-6-18(24(23)30)16-11-17(14-31-13-16)33-22(38)12-29(2,3)4/h5-11,13-14H,12H2,1-4H3,(H,33,38)(H,36,37)(H,32,34,35). The maximum Gasteiger partial charge on any atom is 0.224 e. The number of halogens is 1. The Hall–Kier alpha value is -4.44. The van der Waals surface area contributed by atoms with E-state index in [-0.39, 0.29) is 11.3 Å². The Morgan fingerprint density at radius 1 is 1.10 bits per heavy atom. The van der Waals surface area contributed by atoms with E-state index in [1.54, 1.807) is 48.1 Å². The molecule has 5 heterocycles. The smallest absolute Gasteiger partial charge is 0.224 e. The maximum absolute atomic E-state index is 16.1. The third-order valence-corrected chi connectivity index (χ3v) is 7.35. The number of benzene rings is 1. The van der Waals surface area contributed by atoms with Crippen molar-refractivity contribution in [3.8, 4) is 33.1 Å². The third kappa shape index (κ3) is 4.79. The van der Waals surface area contributed by atoms with Crippen molar-refractivity contribution in [2.24, 2.45) is 5.41 Å². The van der Waals surface area contributed by atoms with E-state index in [0.29, 0.717) is 51.3 Å². The van der Waals surface area contributed by atoms with Gasteiger partial charge in [0, 0.05) is 45.3 Å². The van der Waals surface area contributed by atoms with E-state index in [1.807, 2.05) is 26.8 Å². The number of aromatic amines is 2. The second-order valence-corrected chi connectivity index (χ2v) is 12.0. The van der Waals surface area contributed by atoms with Gasteiger partial charge < -0.3 is 10.3 Å². The summed E-state index contributed by atoms with van der Waals surface area (Å²) >= 11 is 1.68. The molecule has 0 radical (unpaired) electrons. The van der Waals surface area contributed by atoms with Crippen LogP contribution in [0.2, 0.25) is 0 Å². The number of carbonyl (C=O) groups excluding carboxylic acids is 1. The molecule has 1 aromatic carbocycles. The minimum atomic E-state index is -0.460. The molecule has 0 saturated carbocycles. The Morgan fingerprint density at radius 3 is 2.72 bits per heavy atom. The zero-order valence-corrected chi connectivity index (χ0v) is 22.7. The molecular formula is C29H26FN7OS. The SMILES string of the molecule is Cc1ccc(-c2ccnc3nc(-c4n[nH]c5ccc(-c6cncc(NC(=O)CC(C)(C)C)c6)c(F)c45)[nH]c23)s1. The van der Waals surface area contributed by atoms with Crippen LogP contribution in [0, 0.1) is 18.2 Å². The third-order valence-electron chi connectivity index (χ3n) is 6.31. The van der Waals surface area contributed by atoms with Crippen molar-refractivity contribution in [3.05, 3.63) is 65.7 Å². The van der Waals surface area contributed by atoms with Gasteiger partial charge in [-0.25, -0.2) is 14.4 Å². The summed E-state index contributed by atoms with van der Waals surface area (Å²) in [6.07, 6.45) is 5.21. The minimum Gasteiger partial charge on any atom is -0.335 e. The number of fused-ring (bicyclic) bond motifs is 2. The first kappa shape index (κ1) is 24.9. The topological polar surface area (TPSA) is 112 Å². The van der Waals surface area contributed by atoms with E-state index < -0.39 is 5.82 Å². The number of imidazole rings is 1. The van der Waals surface area contributed by atoms with Gasteiger partial charge in [-0.05, 0) is 48.7 Å². The van der Waals surface area contributed by atoms with Crippen molar-refractivity contribution < 1.29 is 9.18 Å². The van der Waals surface area contributed by atoms with Gasteiger partial charge in [-0.1, -0.05) is 20.8 Å². The van der Waals surface area contributed by atoms with Crippen LogP contribution in [-0.2, 0) is 4.79 Å². The minimum absolute atomic E-state index is 0.120. The van der Waals surface area contributed by atoms with Gasteiger partial charge in [0.25, 0.3) is 0 Å². The number of hydrogen-bond acceptors (Lipinski definition) is 6. The fourth-order valence-electron chi connectivity index (χ4n) is 4.62. The lowest BCUT2D eigenvalue weighted by Crippen LogP contribution is -2.19. The molecule has 0 atom stereocenters. The van der Waals surface area contributed by atoms with Crippen molar-refractivity contribution >= 4 is 45.0 Å². The molecular weight excluding hydrogens is 513 g/mol. The molecule has 0 saturated heterocycles. The molecule has 10 heteroatoms. The summed E-state index contributed by atoms with van der Waals surface area (Å²) in [5.41, 5.74) is 4.41. The molecule has 0 bridgehead atoms. The fourth-order valence-corrected chi connectivity index (χ4v) is 5.52. The van der Waals surface area contributed by atoms with Crippen LogP contribution in [0.5, 0.6) is 0 Å². The number of nitrogens with one attached hydrogen (secondary N) is 3. The van der Waals surface area contributed by atoms with Crippen molar-refractivity contribution in [2.45, 2.75) is 34.1 Å². The number of anilines is 1. The average molecular weight is 540 g/mol. The van der Waals surface area contributed by atoms with Crippen molar-refractivity contribution in [3.63, 3.8) is 0 Å². The fraction of sp³-hybridized carbons (Fsp3) is 0.207. The molecule has 6 aromatic rings. The second-order valence-electron chi connectivity index (χ2n) is 10.7. The predicted molar refractivity (Wildman–Crippen MR) is 153 cm³/mol. The van der Waals surface area contributed by atoms with Crippen LogP contribution in [0.1, 0.15) is 32.1 Å². The van der Waals surface area contributed by atoms with Gasteiger partial charge in [0.1, 0.15) is 11.5 Å². The zero-order chi connectivity index (χ0) is 27.3. The lowest BCUT2D eigenvalue weighted by atomic mass is 9.92. The first-order chi connectivity index (χ1) is 18.7. The number of H-pyrrole nitrogens is 2. The number of nitrogens with zero attached hydrogens (tertiary/aromatic N) is 4. The van der Waals surface area contributed by atoms with Gasteiger partial charge in [0.2, 0.25) is 5.91 Å². The Morgan fingerprint density at radius 2 is 1.95 bits per heavy atom. The summed E-state index contributed by atoms with van der Waals surface area (Å²) in [5.74, 6) is -0.161. The van der Waals surface area contributed by atoms with E-state index >= 15 is 4.39 Å². The summed E-state index contributed by atoms with van der Waals surface area (Å²) < 4.78 is 16.1. The molecule has 0 aliphatic carbocycles. The number of thiophene rings is 1. The number of amides is 1. The number of aromatic nitrogens is 6. The highest BCUT2D eigenvalue weighted by atomic mass is 32.1. The lowest BCUT2D eigenvalue weighted by Gasteiger charge is -2.17. The van der Waals surface area contributed by atoms with Gasteiger partial charge in [-0.3, -0.25) is 14.9 Å². The molecule has 196 valence electrons. The van der Waals surface area contributed by atoms with Crippen LogP contribution < -0.4 is 5.32 Å². The average Bonchev–Trinajstić information content (AvgIpc) is 3.60. The second kappa shape index (κ2) is 9.39. The van der Waals surface area contributed by atoms with E-state index in [0.717, 1.165) is 16.0 Å². The highest BCUT2D eigenvalue weighted by Crippen LogP contribution is 2.36. The van der Waals surface area contributed by atoms with E-state index in [9.17, 15) is 4.79 Å². The first-order valence-electron chi connectivity index (χ1n) is 12.5. The van der Waals surface area contributed by atoms with Crippen molar-refractivity contribution in [1.82, 2.24) is 30.1 Å². The molecule has 0 aliphatic rings. The van der Waals surface area contributed by atoms with Crippen LogP contribution >= 0.6 is 11.3 Å². The molecule has 0 aliphatic heterocycles. The van der Waals surface area contributed by atoms with Crippen LogP contribution in [0.25, 0.3) is 55.2 Å². The highest BCUT2D eigenvalue weighted by Gasteiger charge is 2.21. The normalized spacial score (nSPS) is 11.9. The van der Waals surface area contributed by atoms with Gasteiger partial charge >= 0.3 is 0 Å². The molecule has 6 rings (SSSR count). The molecule has 0 fully saturated rings. The van der Waals surface area contributed by atoms with E-state index in [4.69, 9.17) is 0 Å². The number of pyridine rings is 2. The molecule has 5 aromatic heterocycles. The van der Waals surface area contributed by atoms with E-state index in [1.165, 1.54) is 4.88 Å². The number of carbonyl (C=O) groups is 1. The Balaban J connectivity index is 1.40. The molecule has 8 nitrogen and oxygen atoms in total. The predicted octanol–water partition coefficient (Wildman–Crippen LogP) is 7.11. The molecule has 0 unspecified atom stereocenters. The number of rotatable bonds is 5. The number of hydrogen-bond donors (Lipinski definition) is 3. The summed E-state index contributed by atoms with van der Waals surface area (Å²) in [6.45, 7) is 8.05. The Labute approximate surface area is 227 Å². The molecule has 39 heavy (non-hydrogen) atoms. The monoisotopic (exact) mass is 539 g/mol. The van der Waals surface area contributed by atoms with Crippen LogP contribution in [-0.4, -0.2) is 36.0 Å². The van der Waals surface area contributed by atoms with Gasteiger partial charge in [-0.2, -0.15) is 5.10 Å². The quantitative estimate of drug-likeness (QED) is 0.216. The van der Waals surface area contributed by atoms with Gasteiger partial charge in [0.05, 0.1) is 28.3 Å². The Kier molecular flexibility index (Phi) is 5.99. The molecule has 0 spiro atoms. The van der Waals surface area contributed by atoms with Crippen molar-refractivity contribution in [1.29, 1.82) is 0 Å². The van der Waals surface area contributed by atoms with Crippen molar-refractivity contribution in [2.75, 3.05) is 5.32 Å². The maximum atomic E-state index is 16.1. The molecule has 3 N–H and O–H groups in total. The van der Waals surface area contributed by atoms with Gasteiger partial charge in [-0.15, -0.1) is 11.3 Å². The summed E-state index contributed by atoms with van der Waals surface area (Å²) in [7, 11) is 0. The van der Waals surface area contributed by atoms with Crippen LogP contribution in [0.15, 0.2) is 55.0 Å². The summed E-state index contributed by atoms with van der Waals surface area (Å²) in [5, 5.41) is 10.5. The zero-order valence-electron chi connectivity index (χ0n) is 21.9. The largest absolute Gasteiger partial charge is 0.335 e. The lowest BCUT2D eigenvalue weighted by molar-refractivity contribution is -0.117. The van der Waals surface area contributed by atoms with E-state index in [2.05, 4.69) is 54.5 Å². The first-order valence-corrected chi connectivity index (χ1v) is 13.3. The van der Waals surface area contributed by atoms with Gasteiger partial charge in [0.15, 0.2) is 11.5 Å². The van der Waals surface area contributed by atoms with Crippen LogP contribution in [0.3, 0.4) is 0 Å². The summed E-state index contributed by atoms with van der Waals surface area (Å²) in [6, 6.07) is 11.3. The highest BCUT2D eigenvalue weighted by molar-refractivity contribution is 7.15. The Bertz CT molecular complexity index is 1860. The molecule has 1 amide bonds. The van der Waals surface area contributed by atoms with Crippen LogP contribution in [0.4, 0.5) is 10.1 Å². The summed E-state index contributed by atoms with van der Waals surface area (Å²) in [4.78, 5) is 31.4.